The third-order valence-electron chi connectivity index (χ3n) is 3.53. The lowest BCUT2D eigenvalue weighted by atomic mass is 10.3. The molecule has 0 atom stereocenters. The maximum absolute atomic E-state index is 13.5. The number of para-hydroxylation sites is 1. The van der Waals surface area contributed by atoms with Gasteiger partial charge in [0, 0.05) is 13.5 Å². The van der Waals surface area contributed by atoms with E-state index in [1.54, 1.807) is 19.1 Å². The van der Waals surface area contributed by atoms with Gasteiger partial charge in [-0.25, -0.2) is 9.37 Å². The van der Waals surface area contributed by atoms with Gasteiger partial charge in [-0.3, -0.25) is 4.79 Å². The van der Waals surface area contributed by atoms with Gasteiger partial charge in [-0.1, -0.05) is 17.3 Å². The minimum absolute atomic E-state index is 0.0845. The Bertz CT molecular complexity index is 892. The Morgan fingerprint density at radius 1 is 1.31 bits per heavy atom. The van der Waals surface area contributed by atoms with Crippen LogP contribution in [0.5, 0.6) is 5.75 Å². The van der Waals surface area contributed by atoms with Gasteiger partial charge < -0.3 is 18.6 Å². The number of carbonyl (C=O) groups excluding carboxylic acids is 1. The number of benzene rings is 1. The zero-order valence-electron chi connectivity index (χ0n) is 14.3. The van der Waals surface area contributed by atoms with E-state index in [1.807, 2.05) is 6.92 Å². The van der Waals surface area contributed by atoms with Crippen molar-refractivity contribution in [1.82, 2.24) is 20.0 Å². The maximum Gasteiger partial charge on any atom is 0.276 e. The van der Waals surface area contributed by atoms with Crippen LogP contribution in [0.2, 0.25) is 0 Å². The predicted octanol–water partition coefficient (Wildman–Crippen LogP) is 2.75. The summed E-state index contributed by atoms with van der Waals surface area (Å²) in [5.74, 6) is 0.268. The number of rotatable bonds is 7. The Balaban J connectivity index is 1.64. The van der Waals surface area contributed by atoms with Gasteiger partial charge >= 0.3 is 0 Å². The first-order valence-electron chi connectivity index (χ1n) is 7.97. The molecule has 26 heavy (non-hydrogen) atoms. The maximum atomic E-state index is 13.5. The lowest BCUT2D eigenvalue weighted by Crippen LogP contribution is -2.31. The molecule has 8 nitrogen and oxygen atoms in total. The van der Waals surface area contributed by atoms with Crippen LogP contribution in [-0.4, -0.2) is 32.5 Å². The second kappa shape index (κ2) is 7.77. The molecule has 9 heteroatoms. The number of carbonyl (C=O) groups is 1. The smallest absolute Gasteiger partial charge is 0.276 e. The Labute approximate surface area is 148 Å². The van der Waals surface area contributed by atoms with E-state index < -0.39 is 5.82 Å². The quantitative estimate of drug-likeness (QED) is 0.639. The highest BCUT2D eigenvalue weighted by atomic mass is 19.1. The van der Waals surface area contributed by atoms with E-state index in [2.05, 4.69) is 15.1 Å². The molecule has 0 spiro atoms. The number of halogens is 1. The molecule has 2 aromatic heterocycles. The van der Waals surface area contributed by atoms with Crippen molar-refractivity contribution in [1.29, 1.82) is 0 Å². The van der Waals surface area contributed by atoms with Gasteiger partial charge in [0.15, 0.2) is 29.7 Å². The van der Waals surface area contributed by atoms with Crippen LogP contribution in [0, 0.1) is 12.7 Å². The molecule has 0 N–H and O–H groups in total. The van der Waals surface area contributed by atoms with E-state index in [4.69, 9.17) is 13.7 Å². The van der Waals surface area contributed by atoms with Gasteiger partial charge in [0.05, 0.1) is 6.54 Å². The summed E-state index contributed by atoms with van der Waals surface area (Å²) in [5.41, 5.74) is 0.124. The fourth-order valence-corrected chi connectivity index (χ4v) is 2.24. The summed E-state index contributed by atoms with van der Waals surface area (Å²) in [6.45, 7) is 4.03. The van der Waals surface area contributed by atoms with Crippen molar-refractivity contribution in [3.63, 3.8) is 0 Å². The number of amides is 1. The van der Waals surface area contributed by atoms with Crippen LogP contribution in [0.3, 0.4) is 0 Å². The van der Waals surface area contributed by atoms with E-state index in [9.17, 15) is 9.18 Å². The van der Waals surface area contributed by atoms with Gasteiger partial charge in [0.1, 0.15) is 6.26 Å². The topological polar surface area (TPSA) is 94.5 Å². The van der Waals surface area contributed by atoms with Gasteiger partial charge in [0.2, 0.25) is 11.8 Å². The summed E-state index contributed by atoms with van der Waals surface area (Å²) >= 11 is 0. The normalized spacial score (nSPS) is 10.7. The summed E-state index contributed by atoms with van der Waals surface area (Å²) in [6.07, 6.45) is 1.24. The third kappa shape index (κ3) is 4.05. The SMILES string of the molecule is CCN(Cc1noc(C)n1)C(=O)c1coc(COc2ccccc2F)n1. The summed E-state index contributed by atoms with van der Waals surface area (Å²) in [6, 6.07) is 6.01. The zero-order valence-corrected chi connectivity index (χ0v) is 14.3. The number of oxazole rings is 1. The molecule has 0 fully saturated rings. The largest absolute Gasteiger partial charge is 0.481 e. The molecule has 2 heterocycles. The van der Waals surface area contributed by atoms with E-state index in [1.165, 1.54) is 23.3 Å². The number of hydrogen-bond acceptors (Lipinski definition) is 7. The Hall–Kier alpha value is -3.23. The predicted molar refractivity (Wildman–Crippen MR) is 86.7 cm³/mol. The summed E-state index contributed by atoms with van der Waals surface area (Å²) in [7, 11) is 0. The van der Waals surface area contributed by atoms with E-state index in [0.717, 1.165) is 0 Å². The fourth-order valence-electron chi connectivity index (χ4n) is 2.24. The molecule has 3 rings (SSSR count). The van der Waals surface area contributed by atoms with Gasteiger partial charge in [0.25, 0.3) is 5.91 Å². The third-order valence-corrected chi connectivity index (χ3v) is 3.53. The molecular weight excluding hydrogens is 343 g/mol. The van der Waals surface area contributed by atoms with Crippen molar-refractivity contribution >= 4 is 5.91 Å². The number of aryl methyl sites for hydroxylation is 1. The van der Waals surface area contributed by atoms with E-state index in [0.29, 0.717) is 18.3 Å². The highest BCUT2D eigenvalue weighted by Crippen LogP contribution is 2.17. The molecule has 0 saturated heterocycles. The van der Waals surface area contributed by atoms with Crippen molar-refractivity contribution in [3.05, 3.63) is 59.6 Å². The minimum atomic E-state index is -0.483. The Kier molecular flexibility index (Phi) is 5.26. The first-order chi connectivity index (χ1) is 12.6. The highest BCUT2D eigenvalue weighted by Gasteiger charge is 2.21. The summed E-state index contributed by atoms with van der Waals surface area (Å²) in [5, 5.41) is 3.78. The van der Waals surface area contributed by atoms with Gasteiger partial charge in [-0.15, -0.1) is 0 Å². The molecule has 0 aliphatic rings. The van der Waals surface area contributed by atoms with E-state index >= 15 is 0 Å². The van der Waals surface area contributed by atoms with Crippen LogP contribution < -0.4 is 4.74 Å². The second-order valence-corrected chi connectivity index (χ2v) is 5.39. The average molecular weight is 360 g/mol. The number of ether oxygens (including phenoxy) is 1. The number of nitrogens with zero attached hydrogens (tertiary/aromatic N) is 4. The molecular formula is C17H17FN4O4. The first kappa shape index (κ1) is 17.6. The molecule has 3 aromatic rings. The minimum Gasteiger partial charge on any atom is -0.481 e. The van der Waals surface area contributed by atoms with Gasteiger partial charge in [-0.2, -0.15) is 4.98 Å². The molecule has 0 unspecified atom stereocenters. The lowest BCUT2D eigenvalue weighted by Gasteiger charge is -2.17. The number of aromatic nitrogens is 3. The van der Waals surface area contributed by atoms with Crippen LogP contribution in [0.4, 0.5) is 4.39 Å². The fraction of sp³-hybridized carbons (Fsp3) is 0.294. The molecule has 0 bridgehead atoms. The molecule has 1 aromatic carbocycles. The second-order valence-electron chi connectivity index (χ2n) is 5.39. The highest BCUT2D eigenvalue weighted by molar-refractivity contribution is 5.91. The van der Waals surface area contributed by atoms with Crippen LogP contribution in [0.25, 0.3) is 0 Å². The monoisotopic (exact) mass is 360 g/mol. The van der Waals surface area contributed by atoms with Crippen molar-refractivity contribution < 1.29 is 22.9 Å². The zero-order chi connectivity index (χ0) is 18.5. The van der Waals surface area contributed by atoms with Crippen LogP contribution in [-0.2, 0) is 13.2 Å². The van der Waals surface area contributed by atoms with Crippen LogP contribution >= 0.6 is 0 Å². The molecule has 0 aliphatic heterocycles. The van der Waals surface area contributed by atoms with Crippen LogP contribution in [0.15, 0.2) is 39.5 Å². The Morgan fingerprint density at radius 3 is 2.81 bits per heavy atom. The molecule has 0 saturated carbocycles. The summed E-state index contributed by atoms with van der Waals surface area (Å²) < 4.78 is 29.0. The van der Waals surface area contributed by atoms with Crippen LogP contribution in [0.1, 0.15) is 35.0 Å². The standard InChI is InChI=1S/C17H17FN4O4/c1-3-22(8-15-19-11(2)26-21-15)17(23)13-9-25-16(20-13)10-24-14-7-5-4-6-12(14)18/h4-7,9H,3,8,10H2,1-2H3. The van der Waals surface area contributed by atoms with Gasteiger partial charge in [-0.05, 0) is 19.1 Å². The molecule has 1 amide bonds. The molecule has 0 radical (unpaired) electrons. The first-order valence-corrected chi connectivity index (χ1v) is 7.97. The van der Waals surface area contributed by atoms with Crippen molar-refractivity contribution in [3.8, 4) is 5.75 Å². The number of hydrogen-bond donors (Lipinski definition) is 0. The lowest BCUT2D eigenvalue weighted by molar-refractivity contribution is 0.0741. The summed E-state index contributed by atoms with van der Waals surface area (Å²) in [4.78, 5) is 22.2. The molecule has 0 aliphatic carbocycles. The van der Waals surface area contributed by atoms with Crippen molar-refractivity contribution in [2.45, 2.75) is 27.0 Å². The van der Waals surface area contributed by atoms with Crippen molar-refractivity contribution in [2.24, 2.45) is 0 Å². The van der Waals surface area contributed by atoms with Crippen molar-refractivity contribution in [2.75, 3.05) is 6.54 Å². The Morgan fingerprint density at radius 2 is 2.12 bits per heavy atom. The molecule has 136 valence electrons. The van der Waals surface area contributed by atoms with E-state index in [-0.39, 0.29) is 36.4 Å². The average Bonchev–Trinajstić information content (AvgIpc) is 3.27.